The van der Waals surface area contributed by atoms with Crippen LogP contribution in [0.15, 0.2) is 82.8 Å². The Morgan fingerprint density at radius 2 is 1.67 bits per heavy atom. The lowest BCUT2D eigenvalue weighted by Gasteiger charge is -2.34. The van der Waals surface area contributed by atoms with Crippen molar-refractivity contribution in [3.05, 3.63) is 89.7 Å². The van der Waals surface area contributed by atoms with Crippen LogP contribution < -0.4 is 15.6 Å². The van der Waals surface area contributed by atoms with E-state index in [1.165, 1.54) is 28.1 Å². The average molecular weight is 606 g/mol. The number of benzene rings is 3. The molecule has 8 nitrogen and oxygen atoms in total. The van der Waals surface area contributed by atoms with Crippen molar-refractivity contribution in [2.75, 3.05) is 23.4 Å². The van der Waals surface area contributed by atoms with Gasteiger partial charge in [-0.2, -0.15) is 9.41 Å². The van der Waals surface area contributed by atoms with Crippen LogP contribution in [0.5, 0.6) is 0 Å². The standard InChI is InChI=1S/C33H40FN5O3S/c1-23-12-14-27(15-13-23)39-30(33(2,3)4)22-31(37-39)36-32(40)35-29-11-6-5-8-25(29)20-24-16-18-38(19-17-24)43(41,42)28-10-7-9-26(34)21-28/h5-15,21,24,30H,16-20,22H2,1-4H3,(H2,35,36,37,40). The van der Waals surface area contributed by atoms with Crippen molar-refractivity contribution in [3.8, 4) is 0 Å². The minimum atomic E-state index is -3.74. The number of para-hydroxylation sites is 1. The van der Waals surface area contributed by atoms with Crippen molar-refractivity contribution in [1.29, 1.82) is 0 Å². The molecular weight excluding hydrogens is 565 g/mol. The number of anilines is 2. The van der Waals surface area contributed by atoms with Crippen LogP contribution in [-0.4, -0.2) is 43.7 Å². The summed E-state index contributed by atoms with van der Waals surface area (Å²) in [5.41, 5.74) is 3.81. The Labute approximate surface area is 254 Å². The van der Waals surface area contributed by atoms with E-state index in [-0.39, 0.29) is 28.3 Å². The SMILES string of the molecule is Cc1ccc(N2N=C(NC(=O)Nc3ccccc3CC3CCN(S(=O)(=O)c4cccc(F)c4)CC3)CC2C(C)(C)C)cc1. The average Bonchev–Trinajstić information content (AvgIpc) is 3.39. The van der Waals surface area contributed by atoms with Gasteiger partial charge in [-0.3, -0.25) is 10.3 Å². The lowest BCUT2D eigenvalue weighted by atomic mass is 9.84. The Hall–Kier alpha value is -3.76. The Kier molecular flexibility index (Phi) is 8.89. The first-order valence-electron chi connectivity index (χ1n) is 14.7. The molecule has 2 aliphatic heterocycles. The second-order valence-electron chi connectivity index (χ2n) is 12.6. The van der Waals surface area contributed by atoms with E-state index in [0.717, 1.165) is 23.0 Å². The van der Waals surface area contributed by atoms with Crippen molar-refractivity contribution in [2.45, 2.75) is 64.3 Å². The number of sulfonamides is 1. The number of aryl methyl sites for hydroxylation is 1. The van der Waals surface area contributed by atoms with Gasteiger partial charge in [-0.05, 0) is 79.5 Å². The van der Waals surface area contributed by atoms with Gasteiger partial charge in [-0.1, -0.05) is 62.7 Å². The highest BCUT2D eigenvalue weighted by Gasteiger charge is 2.37. The normalized spacial score (nSPS) is 18.4. The molecule has 1 fully saturated rings. The quantitative estimate of drug-likeness (QED) is 0.334. The molecule has 2 heterocycles. The number of nitrogens with zero attached hydrogens (tertiary/aromatic N) is 3. The molecule has 2 aliphatic rings. The minimum absolute atomic E-state index is 0.0193. The van der Waals surface area contributed by atoms with Gasteiger partial charge in [0.1, 0.15) is 11.7 Å². The fourth-order valence-corrected chi connectivity index (χ4v) is 7.24. The number of piperidine rings is 1. The summed E-state index contributed by atoms with van der Waals surface area (Å²) in [7, 11) is -3.74. The van der Waals surface area contributed by atoms with Crippen molar-refractivity contribution in [1.82, 2.24) is 9.62 Å². The molecule has 43 heavy (non-hydrogen) atoms. The number of amidine groups is 1. The van der Waals surface area contributed by atoms with Crippen LogP contribution in [0.25, 0.3) is 0 Å². The van der Waals surface area contributed by atoms with Crippen molar-refractivity contribution in [2.24, 2.45) is 16.4 Å². The number of carbonyl (C=O) groups is 1. The number of hydrogen-bond acceptors (Lipinski definition) is 5. The molecule has 0 aromatic heterocycles. The molecule has 1 atom stereocenters. The van der Waals surface area contributed by atoms with Crippen LogP contribution in [0.2, 0.25) is 0 Å². The number of hydrogen-bond donors (Lipinski definition) is 2. The van der Waals surface area contributed by atoms with E-state index in [1.54, 1.807) is 0 Å². The largest absolute Gasteiger partial charge is 0.324 e. The first-order chi connectivity index (χ1) is 20.4. The molecule has 5 rings (SSSR count). The molecule has 3 aromatic rings. The van der Waals surface area contributed by atoms with Gasteiger partial charge >= 0.3 is 6.03 Å². The molecule has 0 saturated carbocycles. The van der Waals surface area contributed by atoms with Gasteiger partial charge in [0.15, 0.2) is 0 Å². The Morgan fingerprint density at radius 1 is 0.977 bits per heavy atom. The molecule has 0 radical (unpaired) electrons. The maximum absolute atomic E-state index is 13.6. The fraction of sp³-hybridized carbons (Fsp3) is 0.394. The van der Waals surface area contributed by atoms with E-state index < -0.39 is 15.8 Å². The summed E-state index contributed by atoms with van der Waals surface area (Å²) in [5.74, 6) is 0.295. The van der Waals surface area contributed by atoms with Crippen molar-refractivity contribution < 1.29 is 17.6 Å². The number of amides is 2. The van der Waals surface area contributed by atoms with E-state index in [2.05, 4.69) is 62.6 Å². The van der Waals surface area contributed by atoms with Crippen LogP contribution in [0.4, 0.5) is 20.6 Å². The van der Waals surface area contributed by atoms with Gasteiger partial charge in [-0.25, -0.2) is 17.6 Å². The number of carbonyl (C=O) groups excluding carboxylic acids is 1. The molecule has 10 heteroatoms. The highest BCUT2D eigenvalue weighted by molar-refractivity contribution is 7.89. The second kappa shape index (κ2) is 12.5. The number of urea groups is 1. The van der Waals surface area contributed by atoms with Gasteiger partial charge < -0.3 is 5.32 Å². The lowest BCUT2D eigenvalue weighted by Crippen LogP contribution is -2.39. The molecule has 3 aromatic carbocycles. The molecular formula is C33H40FN5O3S. The van der Waals surface area contributed by atoms with Crippen LogP contribution in [0, 0.1) is 24.1 Å². The van der Waals surface area contributed by atoms with Gasteiger partial charge in [0, 0.05) is 25.2 Å². The van der Waals surface area contributed by atoms with E-state index in [9.17, 15) is 17.6 Å². The zero-order chi connectivity index (χ0) is 30.8. The number of nitrogens with one attached hydrogen (secondary N) is 2. The second-order valence-corrected chi connectivity index (χ2v) is 14.5. The van der Waals surface area contributed by atoms with Crippen LogP contribution in [0.1, 0.15) is 51.2 Å². The highest BCUT2D eigenvalue weighted by atomic mass is 32.2. The van der Waals surface area contributed by atoms with E-state index in [4.69, 9.17) is 5.10 Å². The molecule has 2 amide bonds. The third-order valence-electron chi connectivity index (χ3n) is 8.25. The molecule has 0 aliphatic carbocycles. The zero-order valence-corrected chi connectivity index (χ0v) is 26.0. The number of halogens is 1. The Morgan fingerprint density at radius 3 is 2.35 bits per heavy atom. The summed E-state index contributed by atoms with van der Waals surface area (Å²) in [6.07, 6.45) is 2.67. The molecule has 0 bridgehead atoms. The molecule has 228 valence electrons. The summed E-state index contributed by atoms with van der Waals surface area (Å²) in [5, 5.41) is 12.8. The van der Waals surface area contributed by atoms with Gasteiger partial charge in [-0.15, -0.1) is 0 Å². The molecule has 1 saturated heterocycles. The molecule has 0 spiro atoms. The monoisotopic (exact) mass is 605 g/mol. The highest BCUT2D eigenvalue weighted by Crippen LogP contribution is 2.35. The third kappa shape index (κ3) is 7.25. The molecule has 1 unspecified atom stereocenters. The van der Waals surface area contributed by atoms with Crippen molar-refractivity contribution in [3.63, 3.8) is 0 Å². The first kappa shape index (κ1) is 30.7. The van der Waals surface area contributed by atoms with Crippen LogP contribution >= 0.6 is 0 Å². The maximum Gasteiger partial charge on any atom is 0.324 e. The van der Waals surface area contributed by atoms with Gasteiger partial charge in [0.2, 0.25) is 10.0 Å². The summed E-state index contributed by atoms with van der Waals surface area (Å²) in [6, 6.07) is 20.8. The predicted octanol–water partition coefficient (Wildman–Crippen LogP) is 6.54. The van der Waals surface area contributed by atoms with E-state index in [0.29, 0.717) is 44.6 Å². The fourth-order valence-electron chi connectivity index (χ4n) is 5.74. The summed E-state index contributed by atoms with van der Waals surface area (Å²) < 4.78 is 41.1. The smallest absolute Gasteiger partial charge is 0.307 e. The Bertz CT molecular complexity index is 1590. The Balaban J connectivity index is 1.21. The number of hydrazone groups is 1. The summed E-state index contributed by atoms with van der Waals surface area (Å²) >= 11 is 0. The van der Waals surface area contributed by atoms with E-state index in [1.807, 2.05) is 29.3 Å². The minimum Gasteiger partial charge on any atom is -0.307 e. The first-order valence-corrected chi connectivity index (χ1v) is 16.2. The van der Waals surface area contributed by atoms with Gasteiger partial charge in [0.25, 0.3) is 0 Å². The van der Waals surface area contributed by atoms with Crippen LogP contribution in [0.3, 0.4) is 0 Å². The third-order valence-corrected chi connectivity index (χ3v) is 10.1. The van der Waals surface area contributed by atoms with Crippen LogP contribution in [-0.2, 0) is 16.4 Å². The maximum atomic E-state index is 13.6. The number of rotatable bonds is 6. The van der Waals surface area contributed by atoms with Gasteiger partial charge in [0.05, 0.1) is 16.6 Å². The zero-order valence-electron chi connectivity index (χ0n) is 25.2. The summed E-state index contributed by atoms with van der Waals surface area (Å²) in [6.45, 7) is 9.31. The van der Waals surface area contributed by atoms with E-state index >= 15 is 0 Å². The lowest BCUT2D eigenvalue weighted by molar-refractivity contribution is 0.255. The topological polar surface area (TPSA) is 94.1 Å². The van der Waals surface area contributed by atoms with Crippen molar-refractivity contribution >= 4 is 33.3 Å². The molecule has 2 N–H and O–H groups in total. The summed E-state index contributed by atoms with van der Waals surface area (Å²) in [4.78, 5) is 13.1. The predicted molar refractivity (Wildman–Crippen MR) is 169 cm³/mol.